The highest BCUT2D eigenvalue weighted by Gasteiger charge is 2.39. The number of methoxy groups -OCH3 is 2. The van der Waals surface area contributed by atoms with Crippen molar-refractivity contribution in [3.05, 3.63) is 74.6 Å². The molecule has 0 saturated heterocycles. The third-order valence-electron chi connectivity index (χ3n) is 5.44. The molecule has 2 aromatic carbocycles. The Morgan fingerprint density at radius 3 is 1.95 bits per heavy atom. The first-order valence-corrected chi connectivity index (χ1v) is 13.2. The van der Waals surface area contributed by atoms with Crippen LogP contribution in [0.5, 0.6) is 11.5 Å². The van der Waals surface area contributed by atoms with Crippen LogP contribution in [0.1, 0.15) is 29.2 Å². The number of aromatic nitrogens is 1. The molecule has 11 heteroatoms. The zero-order valence-electron chi connectivity index (χ0n) is 20.7. The van der Waals surface area contributed by atoms with Gasteiger partial charge >= 0.3 is 5.97 Å². The van der Waals surface area contributed by atoms with Gasteiger partial charge in [-0.05, 0) is 58.2 Å². The number of benzene rings is 2. The summed E-state index contributed by atoms with van der Waals surface area (Å²) < 4.78 is 48.7. The number of hydrogen-bond donors (Lipinski definition) is 0. The molecule has 0 spiro atoms. The number of hydrogen-bond acceptors (Lipinski definition) is 8. The molecular formula is C26H29BrF2N2O5S. The Hall–Kier alpha value is -2.60. The Morgan fingerprint density at radius 2 is 1.54 bits per heavy atom. The molecule has 0 N–H and O–H groups in total. The van der Waals surface area contributed by atoms with E-state index in [0.717, 1.165) is 11.1 Å². The number of nitrogens with zero attached hydrogens (tertiary/aromatic N) is 2. The van der Waals surface area contributed by atoms with Gasteiger partial charge in [0.1, 0.15) is 39.9 Å². The molecule has 0 bridgehead atoms. The summed E-state index contributed by atoms with van der Waals surface area (Å²) in [6.07, 6.45) is -3.80. The Kier molecular flexibility index (Phi) is 11.2. The average Bonchev–Trinajstić information content (AvgIpc) is 3.32. The fourth-order valence-corrected chi connectivity index (χ4v) is 5.09. The van der Waals surface area contributed by atoms with Crippen LogP contribution in [0.2, 0.25) is 0 Å². The highest BCUT2D eigenvalue weighted by Crippen LogP contribution is 2.33. The molecule has 200 valence electrons. The summed E-state index contributed by atoms with van der Waals surface area (Å²) in [5.74, 6) is 0.798. The molecule has 0 amide bonds. The summed E-state index contributed by atoms with van der Waals surface area (Å²) in [5, 5.41) is 2.10. The fourth-order valence-electron chi connectivity index (χ4n) is 3.75. The lowest BCUT2D eigenvalue weighted by molar-refractivity contribution is -0.159. The molecule has 0 aliphatic carbocycles. The summed E-state index contributed by atoms with van der Waals surface area (Å²) in [7, 11) is 3.16. The zero-order valence-corrected chi connectivity index (χ0v) is 23.1. The Balaban J connectivity index is 2.05. The van der Waals surface area contributed by atoms with Gasteiger partial charge in [-0.15, -0.1) is 11.3 Å². The minimum absolute atomic E-state index is 0.122. The van der Waals surface area contributed by atoms with Gasteiger partial charge in [0.2, 0.25) is 0 Å². The number of thiazole rings is 1. The second kappa shape index (κ2) is 14.4. The summed E-state index contributed by atoms with van der Waals surface area (Å²) in [6.45, 7) is 1.58. The van der Waals surface area contributed by atoms with Crippen LogP contribution in [0.15, 0.2) is 58.5 Å². The smallest absolute Gasteiger partial charge is 0.326 e. The summed E-state index contributed by atoms with van der Waals surface area (Å²) in [5.41, 5.74) is 1.77. The summed E-state index contributed by atoms with van der Waals surface area (Å²) in [4.78, 5) is 19.7. The number of esters is 1. The van der Waals surface area contributed by atoms with E-state index < -0.39 is 31.1 Å². The lowest BCUT2D eigenvalue weighted by atomic mass is 10.1. The van der Waals surface area contributed by atoms with Gasteiger partial charge in [-0.2, -0.15) is 0 Å². The van der Waals surface area contributed by atoms with Crippen molar-refractivity contribution in [2.24, 2.45) is 0 Å². The molecule has 3 rings (SSSR count). The number of carbonyl (C=O) groups is 1. The quantitative estimate of drug-likeness (QED) is 0.215. The molecule has 3 aromatic rings. The summed E-state index contributed by atoms with van der Waals surface area (Å²) >= 11 is 4.53. The van der Waals surface area contributed by atoms with Gasteiger partial charge in [0.15, 0.2) is 0 Å². The van der Waals surface area contributed by atoms with Crippen LogP contribution in [-0.2, 0) is 27.4 Å². The van der Waals surface area contributed by atoms with Crippen LogP contribution in [0.4, 0.5) is 8.78 Å². The standard InChI is InChI=1S/C26H29BrF2N2O5S/c1-4-35-26(32)23(24(36-15-22(28)29)25-30-21(27)16-37-25)31(13-17-5-9-19(33-2)10-6-17)14-18-7-11-20(34-3)12-8-18/h5-12,16,22-24H,4,13-15H2,1-3H3/t23-,24-/m0/s1. The predicted octanol–water partition coefficient (Wildman–Crippen LogP) is 5.88. The van der Waals surface area contributed by atoms with Crippen molar-refractivity contribution >= 4 is 33.2 Å². The number of rotatable bonds is 14. The van der Waals surface area contributed by atoms with Gasteiger partial charge in [-0.3, -0.25) is 9.69 Å². The van der Waals surface area contributed by atoms with Gasteiger partial charge in [0, 0.05) is 18.5 Å². The van der Waals surface area contributed by atoms with E-state index in [9.17, 15) is 13.6 Å². The van der Waals surface area contributed by atoms with Gasteiger partial charge < -0.3 is 18.9 Å². The van der Waals surface area contributed by atoms with E-state index >= 15 is 0 Å². The number of halogens is 3. The monoisotopic (exact) mass is 598 g/mol. The van der Waals surface area contributed by atoms with E-state index in [4.69, 9.17) is 18.9 Å². The molecule has 0 radical (unpaired) electrons. The molecule has 7 nitrogen and oxygen atoms in total. The van der Waals surface area contributed by atoms with Crippen LogP contribution in [-0.4, -0.2) is 55.8 Å². The Morgan fingerprint density at radius 1 is 1.00 bits per heavy atom. The molecule has 0 fully saturated rings. The first-order chi connectivity index (χ1) is 17.8. The largest absolute Gasteiger partial charge is 0.497 e. The molecule has 0 saturated carbocycles. The number of ether oxygens (including phenoxy) is 4. The van der Waals surface area contributed by atoms with Crippen molar-refractivity contribution in [2.75, 3.05) is 27.4 Å². The van der Waals surface area contributed by atoms with Crippen molar-refractivity contribution in [1.82, 2.24) is 9.88 Å². The third-order valence-corrected chi connectivity index (χ3v) is 7.05. The van der Waals surface area contributed by atoms with E-state index in [1.54, 1.807) is 26.5 Å². The van der Waals surface area contributed by atoms with Crippen molar-refractivity contribution in [3.8, 4) is 11.5 Å². The molecule has 1 aromatic heterocycles. The normalized spacial score (nSPS) is 13.0. The van der Waals surface area contributed by atoms with E-state index in [0.29, 0.717) is 34.2 Å². The molecule has 2 atom stereocenters. The zero-order chi connectivity index (χ0) is 26.8. The first kappa shape index (κ1) is 29.0. The van der Waals surface area contributed by atoms with E-state index in [1.165, 1.54) is 11.3 Å². The van der Waals surface area contributed by atoms with Crippen molar-refractivity contribution in [1.29, 1.82) is 0 Å². The second-order valence-electron chi connectivity index (χ2n) is 7.95. The van der Waals surface area contributed by atoms with Crippen LogP contribution >= 0.6 is 27.3 Å². The highest BCUT2D eigenvalue weighted by molar-refractivity contribution is 9.10. The van der Waals surface area contributed by atoms with Crippen LogP contribution < -0.4 is 9.47 Å². The maximum Gasteiger partial charge on any atom is 0.326 e. The molecular weight excluding hydrogens is 570 g/mol. The van der Waals surface area contributed by atoms with Gasteiger partial charge in [0.25, 0.3) is 6.43 Å². The maximum atomic E-state index is 13.4. The van der Waals surface area contributed by atoms with Crippen LogP contribution in [0.25, 0.3) is 0 Å². The lowest BCUT2D eigenvalue weighted by Gasteiger charge is -2.34. The second-order valence-corrected chi connectivity index (χ2v) is 9.65. The summed E-state index contributed by atoms with van der Waals surface area (Å²) in [6, 6.07) is 13.8. The SMILES string of the molecule is CCOC(=O)[C@H]([C@H](OCC(F)F)c1nc(Br)cs1)N(Cc1ccc(OC)cc1)Cc1ccc(OC)cc1. The van der Waals surface area contributed by atoms with Crippen molar-refractivity contribution < 1.29 is 32.5 Å². The van der Waals surface area contributed by atoms with Gasteiger partial charge in [-0.1, -0.05) is 24.3 Å². The van der Waals surface area contributed by atoms with Gasteiger partial charge in [0.05, 0.1) is 20.8 Å². The van der Waals surface area contributed by atoms with Crippen molar-refractivity contribution in [3.63, 3.8) is 0 Å². The minimum Gasteiger partial charge on any atom is -0.497 e. The van der Waals surface area contributed by atoms with Crippen LogP contribution in [0.3, 0.4) is 0 Å². The topological polar surface area (TPSA) is 70.1 Å². The van der Waals surface area contributed by atoms with Crippen LogP contribution in [0, 0.1) is 0 Å². The lowest BCUT2D eigenvalue weighted by Crippen LogP contribution is -2.46. The third kappa shape index (κ3) is 8.46. The minimum atomic E-state index is -2.72. The predicted molar refractivity (Wildman–Crippen MR) is 140 cm³/mol. The Labute approximate surface area is 227 Å². The molecule has 0 aliphatic rings. The number of alkyl halides is 2. The molecule has 0 aliphatic heterocycles. The van der Waals surface area contributed by atoms with E-state index in [1.807, 2.05) is 53.4 Å². The fraction of sp³-hybridized carbons (Fsp3) is 0.385. The maximum absolute atomic E-state index is 13.4. The van der Waals surface area contributed by atoms with Gasteiger partial charge in [-0.25, -0.2) is 13.8 Å². The molecule has 37 heavy (non-hydrogen) atoms. The molecule has 0 unspecified atom stereocenters. The van der Waals surface area contributed by atoms with Crippen molar-refractivity contribution in [2.45, 2.75) is 38.6 Å². The average molecular weight is 599 g/mol. The number of carbonyl (C=O) groups excluding carboxylic acids is 1. The first-order valence-electron chi connectivity index (χ1n) is 11.5. The van der Waals surface area contributed by atoms with E-state index in [-0.39, 0.29) is 6.61 Å². The van der Waals surface area contributed by atoms with E-state index in [2.05, 4.69) is 20.9 Å². The Bertz CT molecular complexity index is 1070. The molecule has 1 heterocycles. The highest BCUT2D eigenvalue weighted by atomic mass is 79.9.